The SMILES string of the molecule is COc1ncc(Cl)cc1NCC1CCC(c2c(Cl)cnc(C)c2C(N)=O)CC1. The Balaban J connectivity index is 1.65. The summed E-state index contributed by atoms with van der Waals surface area (Å²) in [5.41, 5.74) is 8.35. The molecule has 1 amide bonds. The van der Waals surface area contributed by atoms with E-state index in [1.165, 1.54) is 0 Å². The maximum Gasteiger partial charge on any atom is 0.250 e. The molecule has 2 aromatic heterocycles. The number of nitrogens with one attached hydrogen (secondary N) is 1. The molecule has 0 radical (unpaired) electrons. The molecule has 0 atom stereocenters. The third-order valence-corrected chi connectivity index (χ3v) is 5.86. The van der Waals surface area contributed by atoms with Crippen molar-refractivity contribution in [3.63, 3.8) is 0 Å². The minimum Gasteiger partial charge on any atom is -0.480 e. The first-order chi connectivity index (χ1) is 13.4. The minimum absolute atomic E-state index is 0.218. The number of methoxy groups -OCH3 is 1. The highest BCUT2D eigenvalue weighted by Crippen LogP contribution is 2.40. The molecule has 2 aromatic rings. The fourth-order valence-electron chi connectivity index (χ4n) is 3.94. The van der Waals surface area contributed by atoms with Crippen LogP contribution in [0.1, 0.15) is 53.2 Å². The highest BCUT2D eigenvalue weighted by Gasteiger charge is 2.28. The van der Waals surface area contributed by atoms with Gasteiger partial charge in [-0.3, -0.25) is 9.78 Å². The summed E-state index contributed by atoms with van der Waals surface area (Å²) >= 11 is 12.4. The number of carbonyl (C=O) groups is 1. The number of aryl methyl sites for hydroxylation is 1. The number of nitrogens with two attached hydrogens (primary N) is 1. The van der Waals surface area contributed by atoms with Crippen LogP contribution in [-0.2, 0) is 0 Å². The number of anilines is 1. The average Bonchev–Trinajstić information content (AvgIpc) is 2.68. The zero-order valence-corrected chi connectivity index (χ0v) is 17.5. The number of halogens is 2. The number of ether oxygens (including phenoxy) is 1. The van der Waals surface area contributed by atoms with Gasteiger partial charge in [0.1, 0.15) is 0 Å². The van der Waals surface area contributed by atoms with E-state index in [1.807, 2.05) is 6.07 Å². The molecule has 8 heteroatoms. The van der Waals surface area contributed by atoms with E-state index >= 15 is 0 Å². The summed E-state index contributed by atoms with van der Waals surface area (Å²) in [5, 5.41) is 4.48. The van der Waals surface area contributed by atoms with E-state index in [0.717, 1.165) is 43.5 Å². The Kier molecular flexibility index (Phi) is 6.62. The second-order valence-corrected chi connectivity index (χ2v) is 8.00. The Morgan fingerprint density at radius 1 is 1.25 bits per heavy atom. The third kappa shape index (κ3) is 4.50. The van der Waals surface area contributed by atoms with Crippen molar-refractivity contribution < 1.29 is 9.53 Å². The average molecular weight is 423 g/mol. The summed E-state index contributed by atoms with van der Waals surface area (Å²) in [5.74, 6) is 0.782. The first kappa shape index (κ1) is 20.7. The Labute approximate surface area is 174 Å². The van der Waals surface area contributed by atoms with Crippen LogP contribution in [0.2, 0.25) is 10.0 Å². The lowest BCUT2D eigenvalue weighted by Gasteiger charge is -2.30. The van der Waals surface area contributed by atoms with Gasteiger partial charge >= 0.3 is 0 Å². The molecular weight excluding hydrogens is 399 g/mol. The normalized spacial score (nSPS) is 19.3. The summed E-state index contributed by atoms with van der Waals surface area (Å²) < 4.78 is 5.28. The molecule has 3 N–H and O–H groups in total. The molecule has 0 aliphatic heterocycles. The smallest absolute Gasteiger partial charge is 0.250 e. The number of aromatic nitrogens is 2. The van der Waals surface area contributed by atoms with Gasteiger partial charge in [-0.2, -0.15) is 0 Å². The maximum atomic E-state index is 11.9. The van der Waals surface area contributed by atoms with E-state index in [1.54, 1.807) is 26.4 Å². The van der Waals surface area contributed by atoms with E-state index in [2.05, 4.69) is 15.3 Å². The first-order valence-electron chi connectivity index (χ1n) is 9.28. The van der Waals surface area contributed by atoms with Gasteiger partial charge in [0.15, 0.2) is 0 Å². The van der Waals surface area contributed by atoms with Crippen molar-refractivity contribution >= 4 is 34.8 Å². The van der Waals surface area contributed by atoms with Crippen LogP contribution in [0.15, 0.2) is 18.5 Å². The molecule has 0 aromatic carbocycles. The van der Waals surface area contributed by atoms with Crippen LogP contribution < -0.4 is 15.8 Å². The molecule has 3 rings (SSSR count). The summed E-state index contributed by atoms with van der Waals surface area (Å²) in [4.78, 5) is 20.3. The van der Waals surface area contributed by atoms with Gasteiger partial charge < -0.3 is 15.8 Å². The zero-order chi connectivity index (χ0) is 20.3. The van der Waals surface area contributed by atoms with Gasteiger partial charge in [0.25, 0.3) is 5.91 Å². The molecule has 28 heavy (non-hydrogen) atoms. The maximum absolute atomic E-state index is 11.9. The van der Waals surface area contributed by atoms with E-state index in [0.29, 0.717) is 33.1 Å². The molecule has 0 saturated heterocycles. The van der Waals surface area contributed by atoms with Gasteiger partial charge in [0.05, 0.1) is 34.1 Å². The predicted molar refractivity (Wildman–Crippen MR) is 111 cm³/mol. The number of amides is 1. The van der Waals surface area contributed by atoms with Crippen LogP contribution in [0.25, 0.3) is 0 Å². The lowest BCUT2D eigenvalue weighted by Crippen LogP contribution is -2.24. The molecular formula is C20H24Cl2N4O2. The molecule has 2 heterocycles. The zero-order valence-electron chi connectivity index (χ0n) is 16.0. The first-order valence-corrected chi connectivity index (χ1v) is 10.0. The summed E-state index contributed by atoms with van der Waals surface area (Å²) in [6.45, 7) is 2.60. The topological polar surface area (TPSA) is 90.1 Å². The van der Waals surface area contributed by atoms with Gasteiger partial charge in [-0.15, -0.1) is 0 Å². The van der Waals surface area contributed by atoms with Crippen LogP contribution in [0, 0.1) is 12.8 Å². The molecule has 1 aliphatic carbocycles. The second-order valence-electron chi connectivity index (χ2n) is 7.15. The highest BCUT2D eigenvalue weighted by atomic mass is 35.5. The number of pyridine rings is 2. The molecule has 1 saturated carbocycles. The quantitative estimate of drug-likeness (QED) is 0.710. The monoisotopic (exact) mass is 422 g/mol. The van der Waals surface area contributed by atoms with Crippen LogP contribution in [0.5, 0.6) is 5.88 Å². The van der Waals surface area contributed by atoms with Crippen LogP contribution >= 0.6 is 23.2 Å². The van der Waals surface area contributed by atoms with Crippen molar-refractivity contribution in [3.8, 4) is 5.88 Å². The molecule has 1 aliphatic rings. The molecule has 1 fully saturated rings. The van der Waals surface area contributed by atoms with E-state index in [9.17, 15) is 4.79 Å². The number of rotatable bonds is 6. The largest absolute Gasteiger partial charge is 0.480 e. The van der Waals surface area contributed by atoms with Crippen molar-refractivity contribution in [2.75, 3.05) is 19.0 Å². The van der Waals surface area contributed by atoms with Crippen molar-refractivity contribution in [2.24, 2.45) is 11.7 Å². The number of hydrogen-bond acceptors (Lipinski definition) is 5. The van der Waals surface area contributed by atoms with Crippen LogP contribution in [0.3, 0.4) is 0 Å². The lowest BCUT2D eigenvalue weighted by molar-refractivity contribution is 0.0997. The van der Waals surface area contributed by atoms with Crippen LogP contribution in [-0.4, -0.2) is 29.5 Å². The van der Waals surface area contributed by atoms with Gasteiger partial charge in [-0.1, -0.05) is 23.2 Å². The summed E-state index contributed by atoms with van der Waals surface area (Å²) in [6, 6.07) is 1.82. The van der Waals surface area contributed by atoms with Gasteiger partial charge in [-0.05, 0) is 56.1 Å². The summed E-state index contributed by atoms with van der Waals surface area (Å²) in [7, 11) is 1.59. The van der Waals surface area contributed by atoms with Gasteiger partial charge in [-0.25, -0.2) is 4.98 Å². The third-order valence-electron chi connectivity index (χ3n) is 5.35. The molecule has 6 nitrogen and oxygen atoms in total. The van der Waals surface area contributed by atoms with Crippen molar-refractivity contribution in [1.29, 1.82) is 0 Å². The predicted octanol–water partition coefficient (Wildman–Crippen LogP) is 4.59. The number of hydrogen-bond donors (Lipinski definition) is 2. The Bertz CT molecular complexity index is 868. The van der Waals surface area contributed by atoms with E-state index in [4.69, 9.17) is 33.7 Å². The number of primary amides is 1. The Morgan fingerprint density at radius 3 is 2.61 bits per heavy atom. The summed E-state index contributed by atoms with van der Waals surface area (Å²) in [6.07, 6.45) is 7.10. The molecule has 0 bridgehead atoms. The van der Waals surface area contributed by atoms with Crippen molar-refractivity contribution in [2.45, 2.75) is 38.5 Å². The van der Waals surface area contributed by atoms with E-state index < -0.39 is 5.91 Å². The number of nitrogens with zero attached hydrogens (tertiary/aromatic N) is 2. The van der Waals surface area contributed by atoms with E-state index in [-0.39, 0.29) is 5.92 Å². The lowest BCUT2D eigenvalue weighted by atomic mass is 9.77. The van der Waals surface area contributed by atoms with Gasteiger partial charge in [0, 0.05) is 18.9 Å². The molecule has 0 spiro atoms. The fraction of sp³-hybridized carbons (Fsp3) is 0.450. The van der Waals surface area contributed by atoms with Crippen molar-refractivity contribution in [3.05, 3.63) is 45.3 Å². The molecule has 150 valence electrons. The Hall–Kier alpha value is -2.05. The standard InChI is InChI=1S/C20H24Cl2N4O2/c1-11-17(19(23)27)18(15(22)10-24-11)13-5-3-12(4-6-13)8-25-16-7-14(21)9-26-20(16)28-2/h7,9-10,12-13,25H,3-6,8H2,1-2H3,(H2,23,27). The highest BCUT2D eigenvalue weighted by molar-refractivity contribution is 6.32. The van der Waals surface area contributed by atoms with Crippen LogP contribution in [0.4, 0.5) is 5.69 Å². The number of carbonyl (C=O) groups excluding carboxylic acids is 1. The Morgan fingerprint density at radius 2 is 1.96 bits per heavy atom. The fourth-order valence-corrected chi connectivity index (χ4v) is 4.39. The van der Waals surface area contributed by atoms with Crippen molar-refractivity contribution in [1.82, 2.24) is 9.97 Å². The van der Waals surface area contributed by atoms with Gasteiger partial charge in [0.2, 0.25) is 5.88 Å². The second kappa shape index (κ2) is 8.97. The molecule has 0 unspecified atom stereocenters. The minimum atomic E-state index is -0.466.